The van der Waals surface area contributed by atoms with E-state index in [-0.39, 0.29) is 24.9 Å². The maximum absolute atomic E-state index is 9.57. The van der Waals surface area contributed by atoms with Gasteiger partial charge in [0, 0.05) is 6.54 Å². The standard InChI is InChI=1S/C16H23NO4/c1-16(2)20-14-13(12(10-18)19-15(14)21-16)17(3)9-11-7-5-4-6-8-11/h4-8,12-15,18H,9-10H2,1-3H3/t12-,13+,14-,15-/m1/s1. The van der Waals surface area contributed by atoms with Crippen LogP contribution in [0.1, 0.15) is 19.4 Å². The molecule has 1 N–H and O–H groups in total. The first-order valence-electron chi connectivity index (χ1n) is 7.36. The second kappa shape index (κ2) is 5.66. The van der Waals surface area contributed by atoms with E-state index in [1.54, 1.807) is 0 Å². The normalized spacial score (nSPS) is 34.3. The molecule has 1 aromatic rings. The molecule has 2 aliphatic heterocycles. The highest BCUT2D eigenvalue weighted by Gasteiger charge is 2.55. The van der Waals surface area contributed by atoms with E-state index in [0.717, 1.165) is 6.54 Å². The van der Waals surface area contributed by atoms with Gasteiger partial charge < -0.3 is 19.3 Å². The van der Waals surface area contributed by atoms with Crippen LogP contribution in [0.25, 0.3) is 0 Å². The van der Waals surface area contributed by atoms with Crippen LogP contribution in [0.3, 0.4) is 0 Å². The minimum absolute atomic E-state index is 0.0259. The Labute approximate surface area is 125 Å². The highest BCUT2D eigenvalue weighted by atomic mass is 16.8. The number of ether oxygens (including phenoxy) is 3. The molecule has 0 unspecified atom stereocenters. The fourth-order valence-electron chi connectivity index (χ4n) is 3.22. The summed E-state index contributed by atoms with van der Waals surface area (Å²) in [5.41, 5.74) is 1.22. The third kappa shape index (κ3) is 2.98. The number of fused-ring (bicyclic) bond motifs is 1. The highest BCUT2D eigenvalue weighted by Crippen LogP contribution is 2.39. The molecule has 2 aliphatic rings. The summed E-state index contributed by atoms with van der Waals surface area (Å²) >= 11 is 0. The van der Waals surface area contributed by atoms with Gasteiger partial charge in [0.15, 0.2) is 12.1 Å². The van der Waals surface area contributed by atoms with Gasteiger partial charge in [0.05, 0.1) is 12.6 Å². The molecule has 0 amide bonds. The zero-order valence-electron chi connectivity index (χ0n) is 12.7. The van der Waals surface area contributed by atoms with E-state index in [9.17, 15) is 5.11 Å². The van der Waals surface area contributed by atoms with Crippen molar-refractivity contribution in [3.8, 4) is 0 Å². The van der Waals surface area contributed by atoms with Gasteiger partial charge in [-0.1, -0.05) is 30.3 Å². The number of aliphatic hydroxyl groups excluding tert-OH is 1. The van der Waals surface area contributed by atoms with E-state index in [1.807, 2.05) is 39.1 Å². The van der Waals surface area contributed by atoms with Crippen molar-refractivity contribution in [2.45, 2.75) is 50.7 Å². The predicted molar refractivity (Wildman–Crippen MR) is 77.5 cm³/mol. The summed E-state index contributed by atoms with van der Waals surface area (Å²) in [6.07, 6.45) is -0.865. The Morgan fingerprint density at radius 2 is 1.90 bits per heavy atom. The summed E-state index contributed by atoms with van der Waals surface area (Å²) in [6.45, 7) is 4.51. The Balaban J connectivity index is 1.75. The average molecular weight is 293 g/mol. The molecule has 1 aromatic carbocycles. The second-order valence-corrected chi connectivity index (χ2v) is 6.22. The molecule has 0 aromatic heterocycles. The highest BCUT2D eigenvalue weighted by molar-refractivity contribution is 5.15. The van der Waals surface area contributed by atoms with Crippen molar-refractivity contribution in [3.05, 3.63) is 35.9 Å². The molecule has 5 nitrogen and oxygen atoms in total. The first-order chi connectivity index (χ1) is 10.00. The number of nitrogens with zero attached hydrogens (tertiary/aromatic N) is 1. The summed E-state index contributed by atoms with van der Waals surface area (Å²) in [4.78, 5) is 2.17. The lowest BCUT2D eigenvalue weighted by atomic mass is 10.1. The summed E-state index contributed by atoms with van der Waals surface area (Å²) in [5.74, 6) is -0.637. The van der Waals surface area contributed by atoms with Crippen LogP contribution < -0.4 is 0 Å². The molecule has 0 saturated carbocycles. The number of rotatable bonds is 4. The third-order valence-electron chi connectivity index (χ3n) is 4.08. The number of hydrogen-bond acceptors (Lipinski definition) is 5. The largest absolute Gasteiger partial charge is 0.394 e. The van der Waals surface area contributed by atoms with Gasteiger partial charge >= 0.3 is 0 Å². The van der Waals surface area contributed by atoms with Crippen molar-refractivity contribution in [3.63, 3.8) is 0 Å². The van der Waals surface area contributed by atoms with Gasteiger partial charge in [0.25, 0.3) is 0 Å². The molecular formula is C16H23NO4. The Hall–Kier alpha value is -0.980. The number of likely N-dealkylation sites (N-methyl/N-ethyl adjacent to an activating group) is 1. The monoisotopic (exact) mass is 293 g/mol. The molecule has 3 rings (SSSR count). The van der Waals surface area contributed by atoms with E-state index in [0.29, 0.717) is 0 Å². The van der Waals surface area contributed by atoms with Crippen molar-refractivity contribution in [2.75, 3.05) is 13.7 Å². The van der Waals surface area contributed by atoms with Crippen LogP contribution in [0.5, 0.6) is 0 Å². The topological polar surface area (TPSA) is 51.2 Å². The number of benzene rings is 1. The van der Waals surface area contributed by atoms with Gasteiger partial charge in [0.1, 0.15) is 12.2 Å². The van der Waals surface area contributed by atoms with E-state index >= 15 is 0 Å². The Morgan fingerprint density at radius 1 is 1.19 bits per heavy atom. The van der Waals surface area contributed by atoms with Crippen LogP contribution in [0, 0.1) is 0 Å². The van der Waals surface area contributed by atoms with Crippen LogP contribution in [-0.2, 0) is 20.8 Å². The first kappa shape index (κ1) is 14.9. The van der Waals surface area contributed by atoms with Crippen molar-refractivity contribution >= 4 is 0 Å². The van der Waals surface area contributed by atoms with Gasteiger partial charge in [0.2, 0.25) is 0 Å². The molecule has 2 saturated heterocycles. The minimum Gasteiger partial charge on any atom is -0.394 e. The zero-order chi connectivity index (χ0) is 15.0. The molecule has 5 heteroatoms. The van der Waals surface area contributed by atoms with E-state index < -0.39 is 12.1 Å². The molecule has 116 valence electrons. The van der Waals surface area contributed by atoms with E-state index in [4.69, 9.17) is 14.2 Å². The summed E-state index contributed by atoms with van der Waals surface area (Å²) in [5, 5.41) is 9.57. The van der Waals surface area contributed by atoms with Gasteiger partial charge in [-0.2, -0.15) is 0 Å². The van der Waals surface area contributed by atoms with Gasteiger partial charge in [-0.05, 0) is 26.5 Å². The second-order valence-electron chi connectivity index (χ2n) is 6.22. The number of aliphatic hydroxyl groups is 1. The van der Waals surface area contributed by atoms with Crippen molar-refractivity contribution in [2.24, 2.45) is 0 Å². The number of hydrogen-bond donors (Lipinski definition) is 1. The van der Waals surface area contributed by atoms with Crippen LogP contribution in [-0.4, -0.2) is 54.0 Å². The van der Waals surface area contributed by atoms with E-state index in [1.165, 1.54) is 5.56 Å². The van der Waals surface area contributed by atoms with Crippen molar-refractivity contribution in [1.29, 1.82) is 0 Å². The molecule has 4 atom stereocenters. The lowest BCUT2D eigenvalue weighted by Gasteiger charge is -2.31. The maximum atomic E-state index is 9.57. The molecule has 2 fully saturated rings. The van der Waals surface area contributed by atoms with Crippen LogP contribution in [0.2, 0.25) is 0 Å². The van der Waals surface area contributed by atoms with Gasteiger partial charge in [-0.3, -0.25) is 4.90 Å². The minimum atomic E-state index is -0.637. The Morgan fingerprint density at radius 3 is 2.57 bits per heavy atom. The van der Waals surface area contributed by atoms with Gasteiger partial charge in [-0.25, -0.2) is 0 Å². The molecule has 2 heterocycles. The maximum Gasteiger partial charge on any atom is 0.189 e. The summed E-state index contributed by atoms with van der Waals surface area (Å²) < 4.78 is 17.5. The molecule has 0 spiro atoms. The fourth-order valence-corrected chi connectivity index (χ4v) is 3.22. The molecular weight excluding hydrogens is 270 g/mol. The molecule has 0 aliphatic carbocycles. The van der Waals surface area contributed by atoms with Crippen molar-refractivity contribution < 1.29 is 19.3 Å². The van der Waals surface area contributed by atoms with Crippen LogP contribution >= 0.6 is 0 Å². The molecule has 0 radical (unpaired) electrons. The molecule has 0 bridgehead atoms. The van der Waals surface area contributed by atoms with Crippen LogP contribution in [0.15, 0.2) is 30.3 Å². The SMILES string of the molecule is CN(Cc1ccccc1)[C@@H]1[C@H]2OC(C)(C)O[C@H]2O[C@@H]1CO. The molecule has 21 heavy (non-hydrogen) atoms. The smallest absolute Gasteiger partial charge is 0.189 e. The predicted octanol–water partition coefficient (Wildman–Crippen LogP) is 1.36. The van der Waals surface area contributed by atoms with E-state index in [2.05, 4.69) is 17.0 Å². The first-order valence-corrected chi connectivity index (χ1v) is 7.36. The lowest BCUT2D eigenvalue weighted by molar-refractivity contribution is -0.214. The summed E-state index contributed by atoms with van der Waals surface area (Å²) in [6, 6.07) is 10.2. The zero-order valence-corrected chi connectivity index (χ0v) is 12.7. The Kier molecular flexibility index (Phi) is 4.03. The van der Waals surface area contributed by atoms with Crippen molar-refractivity contribution in [1.82, 2.24) is 4.90 Å². The van der Waals surface area contributed by atoms with Crippen LogP contribution in [0.4, 0.5) is 0 Å². The lowest BCUT2D eigenvalue weighted by Crippen LogP contribution is -2.47. The third-order valence-corrected chi connectivity index (χ3v) is 4.08. The quantitative estimate of drug-likeness (QED) is 0.908. The average Bonchev–Trinajstić information content (AvgIpc) is 2.90. The summed E-state index contributed by atoms with van der Waals surface area (Å²) in [7, 11) is 2.03. The van der Waals surface area contributed by atoms with Gasteiger partial charge in [-0.15, -0.1) is 0 Å². The fraction of sp³-hybridized carbons (Fsp3) is 0.625. The Bertz CT molecular complexity index is 478.